The van der Waals surface area contributed by atoms with Crippen LogP contribution >= 0.6 is 11.6 Å². The highest BCUT2D eigenvalue weighted by Crippen LogP contribution is 2.30. The summed E-state index contributed by atoms with van der Waals surface area (Å²) in [7, 11) is 0. The smallest absolute Gasteiger partial charge is 0.217 e. The molecule has 3 rings (SSSR count). The fraction of sp³-hybridized carbons (Fsp3) is 0.407. The van der Waals surface area contributed by atoms with Gasteiger partial charge in [-0.2, -0.15) is 0 Å². The van der Waals surface area contributed by atoms with E-state index in [1.165, 1.54) is 19.1 Å². The number of aliphatic hydroxyl groups excluding tert-OH is 1. The van der Waals surface area contributed by atoms with Gasteiger partial charge in [-0.3, -0.25) is 4.79 Å². The van der Waals surface area contributed by atoms with Gasteiger partial charge < -0.3 is 20.3 Å². The monoisotopic (exact) mass is 518 g/mol. The molecule has 3 aromatic rings. The standard InChI is InChI=1S/C27H33ClF2N4O2/c1-17(35)33-24(11-18-8-21(29)12-22(30)9-18)25(36)15-32-14-20-7-19(13-27(2,3)4)10-23(28)26(20)34-6-5-31-16-34/h5-10,12,16,24-25,32,36H,11,13-15H2,1-4H3,(H,33,35)/t24-,25+/m0/s1. The molecule has 1 heterocycles. The summed E-state index contributed by atoms with van der Waals surface area (Å²) in [6, 6.07) is 6.49. The number of aliphatic hydroxyl groups is 1. The van der Waals surface area contributed by atoms with Crippen LogP contribution in [0.1, 0.15) is 44.4 Å². The summed E-state index contributed by atoms with van der Waals surface area (Å²) in [6.45, 7) is 8.33. The van der Waals surface area contributed by atoms with Gasteiger partial charge in [0.25, 0.3) is 0 Å². The Labute approximate surface area is 215 Å². The molecular formula is C27H33ClF2N4O2. The number of hydrogen-bond acceptors (Lipinski definition) is 4. The fourth-order valence-electron chi connectivity index (χ4n) is 4.27. The molecule has 3 N–H and O–H groups in total. The number of benzene rings is 2. The summed E-state index contributed by atoms with van der Waals surface area (Å²) in [4.78, 5) is 15.9. The first-order valence-electron chi connectivity index (χ1n) is 11.8. The second-order valence-electron chi connectivity index (χ2n) is 10.3. The van der Waals surface area contributed by atoms with Gasteiger partial charge in [0.1, 0.15) is 11.6 Å². The lowest BCUT2D eigenvalue weighted by Gasteiger charge is -2.25. The Morgan fingerprint density at radius 1 is 1.14 bits per heavy atom. The summed E-state index contributed by atoms with van der Waals surface area (Å²) in [5.41, 5.74) is 3.23. The minimum atomic E-state index is -1.01. The molecule has 0 spiro atoms. The van der Waals surface area contributed by atoms with Crippen LogP contribution in [0.15, 0.2) is 49.1 Å². The highest BCUT2D eigenvalue weighted by molar-refractivity contribution is 6.32. The maximum atomic E-state index is 13.6. The van der Waals surface area contributed by atoms with Crippen LogP contribution in [0.3, 0.4) is 0 Å². The number of carbonyl (C=O) groups is 1. The number of aromatic nitrogens is 2. The predicted octanol–water partition coefficient (Wildman–Crippen LogP) is 4.59. The second kappa shape index (κ2) is 12.0. The number of amides is 1. The number of nitrogens with one attached hydrogen (secondary N) is 2. The Morgan fingerprint density at radius 3 is 2.42 bits per heavy atom. The Balaban J connectivity index is 1.77. The van der Waals surface area contributed by atoms with E-state index in [0.717, 1.165) is 29.3 Å². The molecule has 36 heavy (non-hydrogen) atoms. The van der Waals surface area contributed by atoms with Crippen molar-refractivity contribution in [1.29, 1.82) is 0 Å². The highest BCUT2D eigenvalue weighted by Gasteiger charge is 2.22. The molecule has 1 amide bonds. The molecule has 0 radical (unpaired) electrons. The number of rotatable bonds is 10. The van der Waals surface area contributed by atoms with Crippen LogP contribution in [0.2, 0.25) is 5.02 Å². The van der Waals surface area contributed by atoms with Crippen LogP contribution in [-0.4, -0.2) is 39.3 Å². The molecule has 194 valence electrons. The van der Waals surface area contributed by atoms with Gasteiger partial charge in [0.05, 0.1) is 29.2 Å². The van der Waals surface area contributed by atoms with E-state index in [4.69, 9.17) is 11.6 Å². The van der Waals surface area contributed by atoms with Crippen molar-refractivity contribution in [2.45, 2.75) is 59.2 Å². The van der Waals surface area contributed by atoms with E-state index < -0.39 is 23.8 Å². The third-order valence-electron chi connectivity index (χ3n) is 5.60. The fourth-order valence-corrected chi connectivity index (χ4v) is 4.63. The van der Waals surface area contributed by atoms with Gasteiger partial charge in [-0.15, -0.1) is 0 Å². The molecule has 0 saturated heterocycles. The molecule has 1 aromatic heterocycles. The van der Waals surface area contributed by atoms with Crippen molar-refractivity contribution in [2.75, 3.05) is 6.54 Å². The SMILES string of the molecule is CC(=O)N[C@@H](Cc1cc(F)cc(F)c1)[C@H](O)CNCc1cc(CC(C)(C)C)cc(Cl)c1-n1ccnc1. The quantitative estimate of drug-likeness (QED) is 0.367. The topological polar surface area (TPSA) is 79.2 Å². The maximum Gasteiger partial charge on any atom is 0.217 e. The van der Waals surface area contributed by atoms with Gasteiger partial charge in [-0.05, 0) is 53.1 Å². The predicted molar refractivity (Wildman–Crippen MR) is 137 cm³/mol. The van der Waals surface area contributed by atoms with Gasteiger partial charge >= 0.3 is 0 Å². The number of halogens is 3. The molecule has 0 saturated carbocycles. The normalized spacial score (nSPS) is 13.4. The average molecular weight is 519 g/mol. The zero-order valence-electron chi connectivity index (χ0n) is 21.0. The van der Waals surface area contributed by atoms with Gasteiger partial charge in [0.15, 0.2) is 0 Å². The number of imidazole rings is 1. The Morgan fingerprint density at radius 2 is 1.83 bits per heavy atom. The molecule has 0 unspecified atom stereocenters. The summed E-state index contributed by atoms with van der Waals surface area (Å²) in [6.07, 6.45) is 5.06. The van der Waals surface area contributed by atoms with E-state index in [2.05, 4.69) is 42.5 Å². The van der Waals surface area contributed by atoms with E-state index in [-0.39, 0.29) is 24.3 Å². The third-order valence-corrected chi connectivity index (χ3v) is 5.89. The van der Waals surface area contributed by atoms with Gasteiger partial charge in [0.2, 0.25) is 5.91 Å². The van der Waals surface area contributed by atoms with Crippen LogP contribution in [-0.2, 0) is 24.2 Å². The third kappa shape index (κ3) is 8.11. The molecule has 2 atom stereocenters. The zero-order valence-corrected chi connectivity index (χ0v) is 21.7. The molecule has 9 heteroatoms. The Hall–Kier alpha value is -2.81. The van der Waals surface area contributed by atoms with Crippen molar-refractivity contribution < 1.29 is 18.7 Å². The lowest BCUT2D eigenvalue weighted by molar-refractivity contribution is -0.120. The van der Waals surface area contributed by atoms with Crippen LogP contribution in [0.5, 0.6) is 0 Å². The first-order valence-corrected chi connectivity index (χ1v) is 12.2. The lowest BCUT2D eigenvalue weighted by atomic mass is 9.87. The molecular weight excluding hydrogens is 486 g/mol. The van der Waals surface area contributed by atoms with E-state index >= 15 is 0 Å². The van der Waals surface area contributed by atoms with Crippen molar-refractivity contribution in [3.05, 3.63) is 82.4 Å². The van der Waals surface area contributed by atoms with Crippen LogP contribution in [0.4, 0.5) is 8.78 Å². The van der Waals surface area contributed by atoms with Crippen molar-refractivity contribution in [3.8, 4) is 5.69 Å². The number of carbonyl (C=O) groups excluding carboxylic acids is 1. The largest absolute Gasteiger partial charge is 0.390 e. The zero-order chi connectivity index (χ0) is 26.5. The van der Waals surface area contributed by atoms with Crippen LogP contribution in [0, 0.1) is 17.0 Å². The van der Waals surface area contributed by atoms with E-state index in [0.29, 0.717) is 17.1 Å². The van der Waals surface area contributed by atoms with Crippen molar-refractivity contribution in [2.24, 2.45) is 5.41 Å². The molecule has 0 aliphatic rings. The molecule has 6 nitrogen and oxygen atoms in total. The summed E-state index contributed by atoms with van der Waals surface area (Å²) >= 11 is 6.69. The average Bonchev–Trinajstić information content (AvgIpc) is 3.25. The van der Waals surface area contributed by atoms with E-state index in [9.17, 15) is 18.7 Å². The number of nitrogens with zero attached hydrogens (tertiary/aromatic N) is 2. The highest BCUT2D eigenvalue weighted by atomic mass is 35.5. The number of hydrogen-bond donors (Lipinski definition) is 3. The van der Waals surface area contributed by atoms with E-state index in [1.54, 1.807) is 12.5 Å². The Kier molecular flexibility index (Phi) is 9.22. The van der Waals surface area contributed by atoms with Gasteiger partial charge in [-0.1, -0.05) is 38.4 Å². The van der Waals surface area contributed by atoms with E-state index in [1.807, 2.05) is 16.8 Å². The maximum absolute atomic E-state index is 13.6. The van der Waals surface area contributed by atoms with Crippen molar-refractivity contribution in [1.82, 2.24) is 20.2 Å². The van der Waals surface area contributed by atoms with Crippen molar-refractivity contribution >= 4 is 17.5 Å². The first kappa shape index (κ1) is 27.8. The van der Waals surface area contributed by atoms with Gasteiger partial charge in [-0.25, -0.2) is 13.8 Å². The molecule has 0 aliphatic carbocycles. The molecule has 0 bridgehead atoms. The summed E-state index contributed by atoms with van der Waals surface area (Å²) < 4.78 is 29.1. The van der Waals surface area contributed by atoms with Crippen LogP contribution in [0.25, 0.3) is 5.69 Å². The second-order valence-corrected chi connectivity index (χ2v) is 10.7. The Bertz CT molecular complexity index is 1160. The van der Waals surface area contributed by atoms with Gasteiger partial charge in [0, 0.05) is 38.5 Å². The molecule has 0 aliphatic heterocycles. The summed E-state index contributed by atoms with van der Waals surface area (Å²) in [5.74, 6) is -1.77. The lowest BCUT2D eigenvalue weighted by Crippen LogP contribution is -2.48. The minimum absolute atomic E-state index is 0.0721. The molecule has 0 fully saturated rings. The molecule has 2 aromatic carbocycles. The summed E-state index contributed by atoms with van der Waals surface area (Å²) in [5, 5.41) is 17.4. The van der Waals surface area contributed by atoms with Crippen LogP contribution < -0.4 is 10.6 Å². The van der Waals surface area contributed by atoms with Crippen molar-refractivity contribution in [3.63, 3.8) is 0 Å². The first-order chi connectivity index (χ1) is 16.9. The minimum Gasteiger partial charge on any atom is -0.390 e.